The second-order valence-electron chi connectivity index (χ2n) is 17.1. The van der Waals surface area contributed by atoms with E-state index in [4.69, 9.17) is 30.4 Å². The van der Waals surface area contributed by atoms with Crippen molar-refractivity contribution in [3.05, 3.63) is 32.3 Å². The predicted octanol–water partition coefficient (Wildman–Crippen LogP) is 7.64. The van der Waals surface area contributed by atoms with Crippen molar-refractivity contribution < 1.29 is 28.5 Å². The van der Waals surface area contributed by atoms with Gasteiger partial charge in [0.2, 0.25) is 0 Å². The number of aromatic nitrogens is 2. The average molecular weight is 828 g/mol. The highest BCUT2D eigenvalue weighted by atomic mass is 32.1. The molecule has 1 aliphatic heterocycles. The lowest BCUT2D eigenvalue weighted by molar-refractivity contribution is 0.00636. The maximum absolute atomic E-state index is 12.5. The Morgan fingerprint density at radius 3 is 1.54 bits per heavy atom. The molecule has 4 aromatic rings. The number of carbonyl (C=O) groups is 2. The monoisotopic (exact) mass is 827 g/mol. The highest BCUT2D eigenvalue weighted by Gasteiger charge is 2.27. The Morgan fingerprint density at radius 2 is 1.12 bits per heavy atom. The van der Waals surface area contributed by atoms with E-state index in [1.54, 1.807) is 0 Å². The van der Waals surface area contributed by atoms with Crippen LogP contribution < -0.4 is 20.9 Å². The van der Waals surface area contributed by atoms with E-state index in [2.05, 4.69) is 45.8 Å². The molecular formula is C42H65N7O6S2. The first kappa shape index (κ1) is 45.9. The maximum atomic E-state index is 12.5. The number of likely N-dealkylation sites (N-methyl/N-ethyl adjacent to an activating group) is 2. The number of rotatable bonds is 13. The second kappa shape index (κ2) is 19.3. The van der Waals surface area contributed by atoms with Gasteiger partial charge in [-0.05, 0) is 116 Å². The summed E-state index contributed by atoms with van der Waals surface area (Å²) in [5.74, 6) is 0.682. The molecule has 1 saturated heterocycles. The van der Waals surface area contributed by atoms with E-state index in [1.165, 1.54) is 41.9 Å². The third-order valence-corrected chi connectivity index (χ3v) is 11.6. The number of piperidine rings is 1. The van der Waals surface area contributed by atoms with Gasteiger partial charge in [0.05, 0.1) is 22.8 Å². The molecule has 1 fully saturated rings. The van der Waals surface area contributed by atoms with Crippen LogP contribution in [0.2, 0.25) is 0 Å². The number of likely N-dealkylation sites (tertiary alicyclic amines) is 1. The molecule has 0 radical (unpaired) electrons. The van der Waals surface area contributed by atoms with E-state index in [9.17, 15) is 9.59 Å². The number of aryl methyl sites for hydroxylation is 4. The third-order valence-electron chi connectivity index (χ3n) is 9.40. The standard InChI is InChI=1S/C21H34N4O3S.C21H31N3O3S/c1-13-15-16(22)18(20(26)28-21(3,4)5)29-19(15)23-14(2)17(13)27-12-11-25(8)10-9-24(6)7;1-13-15-16(22)18(20(25)27-21(3,4)5)28-19(15)23-14(2)17(13)26-12-11-24-9-7-6-8-10-24/h9-12,22H2,1-8H3;6-12,22H2,1-5H3. The van der Waals surface area contributed by atoms with Crippen molar-refractivity contribution in [2.24, 2.45) is 0 Å². The lowest BCUT2D eigenvalue weighted by Gasteiger charge is -2.26. The Hall–Kier alpha value is -3.76. The zero-order valence-electron chi connectivity index (χ0n) is 36.4. The van der Waals surface area contributed by atoms with E-state index in [1.807, 2.05) is 69.2 Å². The van der Waals surface area contributed by atoms with Gasteiger partial charge in [0, 0.05) is 48.1 Å². The van der Waals surface area contributed by atoms with Crippen LogP contribution in [0.5, 0.6) is 11.5 Å². The number of pyridine rings is 2. The Kier molecular flexibility index (Phi) is 15.6. The summed E-state index contributed by atoms with van der Waals surface area (Å²) in [4.78, 5) is 43.5. The molecule has 0 spiro atoms. The van der Waals surface area contributed by atoms with Crippen LogP contribution in [0.1, 0.15) is 103 Å². The van der Waals surface area contributed by atoms with Crippen molar-refractivity contribution in [1.82, 2.24) is 24.7 Å². The number of fused-ring (bicyclic) bond motifs is 2. The lowest BCUT2D eigenvalue weighted by atomic mass is 10.1. The number of thiophene rings is 2. The van der Waals surface area contributed by atoms with Crippen molar-refractivity contribution in [1.29, 1.82) is 0 Å². The molecule has 5 heterocycles. The van der Waals surface area contributed by atoms with Crippen LogP contribution in [0.4, 0.5) is 11.4 Å². The van der Waals surface area contributed by atoms with Crippen molar-refractivity contribution in [2.75, 3.05) is 85.1 Å². The predicted molar refractivity (Wildman–Crippen MR) is 235 cm³/mol. The van der Waals surface area contributed by atoms with Crippen LogP contribution in [0, 0.1) is 27.7 Å². The summed E-state index contributed by atoms with van der Waals surface area (Å²) in [7, 11) is 6.21. The Labute approximate surface area is 347 Å². The van der Waals surface area contributed by atoms with Crippen LogP contribution >= 0.6 is 22.7 Å². The summed E-state index contributed by atoms with van der Waals surface area (Å²) in [6.07, 6.45) is 3.86. The Bertz CT molecular complexity index is 2020. The van der Waals surface area contributed by atoms with Gasteiger partial charge in [0.15, 0.2) is 0 Å². The van der Waals surface area contributed by atoms with Gasteiger partial charge < -0.3 is 40.2 Å². The smallest absolute Gasteiger partial charge is 0.351 e. The first-order valence-corrected chi connectivity index (χ1v) is 21.4. The zero-order valence-corrected chi connectivity index (χ0v) is 38.1. The summed E-state index contributed by atoms with van der Waals surface area (Å²) < 4.78 is 23.2. The summed E-state index contributed by atoms with van der Waals surface area (Å²) >= 11 is 2.55. The van der Waals surface area contributed by atoms with E-state index >= 15 is 0 Å². The molecule has 0 unspecified atom stereocenters. The zero-order chi connectivity index (χ0) is 42.4. The first-order valence-electron chi connectivity index (χ1n) is 19.7. The van der Waals surface area contributed by atoms with Gasteiger partial charge >= 0.3 is 11.9 Å². The summed E-state index contributed by atoms with van der Waals surface area (Å²) in [5, 5.41) is 1.57. The fourth-order valence-electron chi connectivity index (χ4n) is 6.54. The van der Waals surface area contributed by atoms with Gasteiger partial charge in [-0.3, -0.25) is 4.90 Å². The van der Waals surface area contributed by atoms with Gasteiger partial charge in [-0.1, -0.05) is 6.42 Å². The summed E-state index contributed by atoms with van der Waals surface area (Å²) in [6.45, 7) is 26.0. The molecule has 0 saturated carbocycles. The SMILES string of the molecule is Cc1nc2sc(C(=O)OC(C)(C)C)c(N)c2c(C)c1OCCN(C)CCN(C)C.Cc1nc2sc(C(=O)OC(C)(C)C)c(N)c2c(C)c1OCCN1CCCCC1. The summed E-state index contributed by atoms with van der Waals surface area (Å²) in [5.41, 5.74) is 15.8. The quantitative estimate of drug-likeness (QED) is 0.127. The van der Waals surface area contributed by atoms with Gasteiger partial charge in [-0.25, -0.2) is 19.6 Å². The normalized spacial score (nSPS) is 13.9. The number of hydrogen-bond acceptors (Lipinski definition) is 15. The molecular weight excluding hydrogens is 763 g/mol. The van der Waals surface area contributed by atoms with E-state index in [0.29, 0.717) is 34.3 Å². The van der Waals surface area contributed by atoms with Gasteiger partial charge in [-0.2, -0.15) is 0 Å². The second-order valence-corrected chi connectivity index (χ2v) is 19.1. The van der Waals surface area contributed by atoms with Gasteiger partial charge in [0.1, 0.15) is 55.3 Å². The minimum atomic E-state index is -0.578. The highest BCUT2D eigenvalue weighted by Crippen LogP contribution is 2.41. The molecule has 15 heteroatoms. The van der Waals surface area contributed by atoms with Gasteiger partial charge in [0.25, 0.3) is 0 Å². The number of esters is 2. The van der Waals surface area contributed by atoms with Crippen LogP contribution in [0.15, 0.2) is 0 Å². The number of nitrogen functional groups attached to an aromatic ring is 2. The molecule has 4 aromatic heterocycles. The number of ether oxygens (including phenoxy) is 4. The Morgan fingerprint density at radius 1 is 0.684 bits per heavy atom. The van der Waals surface area contributed by atoms with Crippen molar-refractivity contribution in [3.8, 4) is 11.5 Å². The fraction of sp³-hybridized carbons (Fsp3) is 0.619. The van der Waals surface area contributed by atoms with E-state index in [-0.39, 0.29) is 0 Å². The molecule has 1 aliphatic rings. The molecule has 13 nitrogen and oxygen atoms in total. The van der Waals surface area contributed by atoms with E-state index < -0.39 is 23.1 Å². The van der Waals surface area contributed by atoms with Crippen molar-refractivity contribution in [3.63, 3.8) is 0 Å². The minimum Gasteiger partial charge on any atom is -0.490 e. The molecule has 316 valence electrons. The topological polar surface area (TPSA) is 159 Å². The summed E-state index contributed by atoms with van der Waals surface area (Å²) in [6, 6.07) is 0. The van der Waals surface area contributed by atoms with Gasteiger partial charge in [-0.15, -0.1) is 22.7 Å². The number of nitrogens with two attached hydrogens (primary N) is 2. The molecule has 0 bridgehead atoms. The molecule has 0 aliphatic carbocycles. The number of nitrogens with zero attached hydrogens (tertiary/aromatic N) is 5. The number of carbonyl (C=O) groups excluding carboxylic acids is 2. The van der Waals surface area contributed by atoms with Crippen LogP contribution in [-0.4, -0.2) is 121 Å². The van der Waals surface area contributed by atoms with Crippen molar-refractivity contribution in [2.45, 2.75) is 99.7 Å². The highest BCUT2D eigenvalue weighted by molar-refractivity contribution is 7.21. The molecule has 0 atom stereocenters. The molecule has 0 aromatic carbocycles. The molecule has 0 amide bonds. The lowest BCUT2D eigenvalue weighted by Crippen LogP contribution is -2.33. The first-order chi connectivity index (χ1) is 26.6. The molecule has 4 N–H and O–H groups in total. The third kappa shape index (κ3) is 12.4. The minimum absolute atomic E-state index is 0.394. The van der Waals surface area contributed by atoms with Crippen LogP contribution in [0.3, 0.4) is 0 Å². The molecule has 5 rings (SSSR count). The average Bonchev–Trinajstić information content (AvgIpc) is 3.61. The number of hydrogen-bond donors (Lipinski definition) is 2. The number of anilines is 2. The largest absolute Gasteiger partial charge is 0.490 e. The van der Waals surface area contributed by atoms with Crippen LogP contribution in [-0.2, 0) is 9.47 Å². The van der Waals surface area contributed by atoms with Crippen molar-refractivity contribution >= 4 is 66.4 Å². The Balaban J connectivity index is 0.000000253. The van der Waals surface area contributed by atoms with E-state index in [0.717, 1.165) is 93.7 Å². The maximum Gasteiger partial charge on any atom is 0.351 e. The fourth-order valence-corrected chi connectivity index (χ4v) is 8.70. The molecule has 57 heavy (non-hydrogen) atoms. The van der Waals surface area contributed by atoms with Crippen LogP contribution in [0.25, 0.3) is 20.4 Å².